The van der Waals surface area contributed by atoms with Gasteiger partial charge < -0.3 is 14.4 Å². The Morgan fingerprint density at radius 1 is 1.23 bits per heavy atom. The minimum absolute atomic E-state index is 0.201. The molecule has 7 nitrogen and oxygen atoms in total. The van der Waals surface area contributed by atoms with Crippen molar-refractivity contribution in [2.45, 2.75) is 33.7 Å². The lowest BCUT2D eigenvalue weighted by molar-refractivity contribution is 0.308. The van der Waals surface area contributed by atoms with E-state index in [0.717, 1.165) is 19.8 Å². The lowest BCUT2D eigenvalue weighted by atomic mass is 10.5. The van der Waals surface area contributed by atoms with Gasteiger partial charge in [-0.3, -0.25) is 4.55 Å². The van der Waals surface area contributed by atoms with Crippen molar-refractivity contribution in [3.63, 3.8) is 0 Å². The molecule has 2 rings (SSSR count). The second kappa shape index (κ2) is 11.1. The predicted molar refractivity (Wildman–Crippen MR) is 88.8 cm³/mol. The molecule has 0 radical (unpaired) electrons. The number of hydrogen-bond acceptors (Lipinski definition) is 5. The zero-order valence-electron chi connectivity index (χ0n) is 13.9. The number of nitrogens with zero attached hydrogens (tertiary/aromatic N) is 4. The van der Waals surface area contributed by atoms with E-state index in [2.05, 4.69) is 52.6 Å². The average Bonchev–Trinajstić information content (AvgIpc) is 3.11. The van der Waals surface area contributed by atoms with E-state index >= 15 is 0 Å². The van der Waals surface area contributed by atoms with Crippen LogP contribution < -0.4 is 0 Å². The Bertz CT molecular complexity index is 500. The van der Waals surface area contributed by atoms with E-state index in [1.54, 1.807) is 6.20 Å². The maximum absolute atomic E-state index is 9.56. The SMILES string of the molecule is CCCn1ccnc1.CCN1C=CN(C)C1.CCS(=O)(=O)O. The molecule has 1 aromatic rings. The van der Waals surface area contributed by atoms with E-state index in [-0.39, 0.29) is 5.75 Å². The van der Waals surface area contributed by atoms with Crippen molar-refractivity contribution in [3.8, 4) is 0 Å². The van der Waals surface area contributed by atoms with Gasteiger partial charge >= 0.3 is 0 Å². The summed E-state index contributed by atoms with van der Waals surface area (Å²) in [5.74, 6) is -0.201. The Labute approximate surface area is 134 Å². The quantitative estimate of drug-likeness (QED) is 0.848. The third kappa shape index (κ3) is 11.2. The monoisotopic (exact) mass is 332 g/mol. The Morgan fingerprint density at radius 2 is 1.86 bits per heavy atom. The number of aryl methyl sites for hydroxylation is 1. The molecule has 0 atom stereocenters. The highest BCUT2D eigenvalue weighted by Crippen LogP contribution is 2.00. The van der Waals surface area contributed by atoms with Crippen molar-refractivity contribution in [2.75, 3.05) is 26.0 Å². The van der Waals surface area contributed by atoms with E-state index in [4.69, 9.17) is 4.55 Å². The summed E-state index contributed by atoms with van der Waals surface area (Å²) in [5, 5.41) is 0. The minimum atomic E-state index is -3.66. The maximum Gasteiger partial charge on any atom is 0.264 e. The Balaban J connectivity index is 0.000000306. The smallest absolute Gasteiger partial charge is 0.264 e. The molecule has 1 N–H and O–H groups in total. The molecule has 1 aromatic heterocycles. The van der Waals surface area contributed by atoms with Crippen LogP contribution in [0.25, 0.3) is 0 Å². The average molecular weight is 332 g/mol. The molecular weight excluding hydrogens is 304 g/mol. The fourth-order valence-corrected chi connectivity index (χ4v) is 1.47. The molecule has 1 aliphatic rings. The first-order chi connectivity index (χ1) is 10.3. The van der Waals surface area contributed by atoms with Crippen molar-refractivity contribution in [3.05, 3.63) is 31.1 Å². The van der Waals surface area contributed by atoms with Gasteiger partial charge in [-0.1, -0.05) is 6.92 Å². The van der Waals surface area contributed by atoms with Crippen LogP contribution in [-0.4, -0.2) is 58.3 Å². The van der Waals surface area contributed by atoms with Crippen LogP contribution in [-0.2, 0) is 16.7 Å². The summed E-state index contributed by atoms with van der Waals surface area (Å²) >= 11 is 0. The van der Waals surface area contributed by atoms with Crippen molar-refractivity contribution in [1.82, 2.24) is 19.4 Å². The van der Waals surface area contributed by atoms with E-state index in [0.29, 0.717) is 0 Å². The van der Waals surface area contributed by atoms with Gasteiger partial charge in [-0.2, -0.15) is 8.42 Å². The first-order valence-corrected chi connectivity index (χ1v) is 8.96. The lowest BCUT2D eigenvalue weighted by Crippen LogP contribution is -2.21. The highest BCUT2D eigenvalue weighted by atomic mass is 32.2. The Morgan fingerprint density at radius 3 is 2.14 bits per heavy atom. The molecule has 0 fully saturated rings. The number of aromatic nitrogens is 2. The fraction of sp³-hybridized carbons (Fsp3) is 0.643. The van der Waals surface area contributed by atoms with Crippen LogP contribution in [0.15, 0.2) is 31.1 Å². The molecule has 0 bridgehead atoms. The summed E-state index contributed by atoms with van der Waals surface area (Å²) in [6, 6.07) is 0. The summed E-state index contributed by atoms with van der Waals surface area (Å²) < 4.78 is 29.0. The van der Waals surface area contributed by atoms with Gasteiger partial charge in [0.25, 0.3) is 10.1 Å². The zero-order chi connectivity index (χ0) is 17.0. The van der Waals surface area contributed by atoms with E-state index in [9.17, 15) is 8.42 Å². The topological polar surface area (TPSA) is 78.7 Å². The molecule has 0 saturated carbocycles. The van der Waals surface area contributed by atoms with Crippen LogP contribution in [0.4, 0.5) is 0 Å². The standard InChI is InChI=1S/C6H12N2.C6H10N2.C2H6O3S/c1-3-8-5-4-7(2)6-8;1-2-4-8-5-3-7-6-8;1-2-6(3,4)5/h4-5H,3,6H2,1-2H3;3,5-6H,2,4H2,1H3;2H2,1H3,(H,3,4,5). The third-order valence-corrected chi connectivity index (χ3v) is 3.48. The van der Waals surface area contributed by atoms with E-state index in [1.807, 2.05) is 12.5 Å². The Hall–Kier alpha value is -1.54. The van der Waals surface area contributed by atoms with Crippen molar-refractivity contribution in [1.29, 1.82) is 0 Å². The molecule has 0 unspecified atom stereocenters. The largest absolute Gasteiger partial charge is 0.362 e. The number of imidazole rings is 1. The summed E-state index contributed by atoms with van der Waals surface area (Å²) in [5.41, 5.74) is 0. The normalized spacial score (nSPS) is 13.3. The lowest BCUT2D eigenvalue weighted by Gasteiger charge is -2.14. The Kier molecular flexibility index (Phi) is 10.3. The van der Waals surface area contributed by atoms with Crippen LogP contribution in [0, 0.1) is 0 Å². The van der Waals surface area contributed by atoms with E-state index < -0.39 is 10.1 Å². The van der Waals surface area contributed by atoms with Crippen LogP contribution in [0.5, 0.6) is 0 Å². The second-order valence-corrected chi connectivity index (χ2v) is 6.51. The summed E-state index contributed by atoms with van der Waals surface area (Å²) in [6.45, 7) is 8.93. The number of hydrogen-bond donors (Lipinski definition) is 1. The van der Waals surface area contributed by atoms with Gasteiger partial charge in [0.15, 0.2) is 0 Å². The minimum Gasteiger partial charge on any atom is -0.362 e. The molecule has 0 saturated heterocycles. The molecule has 8 heteroatoms. The van der Waals surface area contributed by atoms with Crippen LogP contribution in [0.3, 0.4) is 0 Å². The summed E-state index contributed by atoms with van der Waals surface area (Å²) in [4.78, 5) is 8.31. The van der Waals surface area contributed by atoms with Crippen LogP contribution in [0.1, 0.15) is 27.2 Å². The second-order valence-electron chi connectivity index (χ2n) is 4.77. The highest BCUT2D eigenvalue weighted by Gasteiger charge is 2.03. The molecule has 0 spiro atoms. The summed E-state index contributed by atoms with van der Waals surface area (Å²) in [7, 11) is -1.59. The molecule has 0 aliphatic carbocycles. The van der Waals surface area contributed by atoms with Crippen molar-refractivity contribution in [2.24, 2.45) is 0 Å². The molecule has 22 heavy (non-hydrogen) atoms. The van der Waals surface area contributed by atoms with Crippen molar-refractivity contribution >= 4 is 10.1 Å². The van der Waals surface area contributed by atoms with Gasteiger partial charge in [-0.15, -0.1) is 0 Å². The van der Waals surface area contributed by atoms with Gasteiger partial charge in [0.05, 0.1) is 18.7 Å². The highest BCUT2D eigenvalue weighted by molar-refractivity contribution is 7.85. The van der Waals surface area contributed by atoms with Gasteiger partial charge in [-0.05, 0) is 20.3 Å². The van der Waals surface area contributed by atoms with E-state index in [1.165, 1.54) is 13.3 Å². The zero-order valence-corrected chi connectivity index (χ0v) is 14.7. The first kappa shape index (κ1) is 20.5. The molecule has 128 valence electrons. The third-order valence-electron chi connectivity index (χ3n) is 2.75. The molecule has 0 amide bonds. The molecular formula is C14H28N4O3S. The molecule has 0 aromatic carbocycles. The molecule has 2 heterocycles. The maximum atomic E-state index is 9.56. The fourth-order valence-electron chi connectivity index (χ4n) is 1.47. The van der Waals surface area contributed by atoms with Gasteiger partial charge in [-0.25, -0.2) is 4.98 Å². The number of rotatable bonds is 4. The van der Waals surface area contributed by atoms with Crippen LogP contribution >= 0.6 is 0 Å². The van der Waals surface area contributed by atoms with Gasteiger partial charge in [0.2, 0.25) is 0 Å². The molecule has 1 aliphatic heterocycles. The van der Waals surface area contributed by atoms with Crippen molar-refractivity contribution < 1.29 is 13.0 Å². The van der Waals surface area contributed by atoms with Gasteiger partial charge in [0.1, 0.15) is 0 Å². The first-order valence-electron chi connectivity index (χ1n) is 7.35. The van der Waals surface area contributed by atoms with Gasteiger partial charge in [0, 0.05) is 44.9 Å². The predicted octanol–water partition coefficient (Wildman–Crippen LogP) is 1.87. The van der Waals surface area contributed by atoms with Crippen LogP contribution in [0.2, 0.25) is 0 Å². The summed E-state index contributed by atoms with van der Waals surface area (Å²) in [6.07, 6.45) is 11.0.